The Morgan fingerprint density at radius 2 is 1.80 bits per heavy atom. The van der Waals surface area contributed by atoms with E-state index in [1.807, 2.05) is 30.3 Å². The van der Waals surface area contributed by atoms with Gasteiger partial charge in [-0.05, 0) is 12.5 Å². The lowest BCUT2D eigenvalue weighted by atomic mass is 9.77. The van der Waals surface area contributed by atoms with Gasteiger partial charge in [0.15, 0.2) is 12.6 Å². The molecule has 0 spiro atoms. The molecule has 3 aliphatic rings. The molecule has 0 aromatic heterocycles. The largest absolute Gasteiger partial charge is 0.471 e. The maximum Gasteiger partial charge on any atom is 0.337 e. The molecular weight excluding hydrogens is 464 g/mol. The zero-order valence-electron chi connectivity index (χ0n) is 19.5. The minimum Gasteiger partial charge on any atom is -0.471 e. The van der Waals surface area contributed by atoms with Crippen LogP contribution in [0, 0.1) is 11.8 Å². The van der Waals surface area contributed by atoms with Gasteiger partial charge in [-0.15, -0.1) is 0 Å². The second-order valence-corrected chi connectivity index (χ2v) is 8.89. The van der Waals surface area contributed by atoms with Crippen LogP contribution < -0.4 is 0 Å². The molecule has 3 unspecified atom stereocenters. The summed E-state index contributed by atoms with van der Waals surface area (Å²) in [6, 6.07) is 9.62. The van der Waals surface area contributed by atoms with Crippen molar-refractivity contribution in [2.75, 3.05) is 13.7 Å². The second-order valence-electron chi connectivity index (χ2n) is 8.89. The molecule has 3 aliphatic heterocycles. The highest BCUT2D eigenvalue weighted by Crippen LogP contribution is 2.43. The maximum atomic E-state index is 12.5. The molecule has 0 saturated carbocycles. The van der Waals surface area contributed by atoms with Crippen LogP contribution in [-0.4, -0.2) is 89.5 Å². The quantitative estimate of drug-likeness (QED) is 0.371. The van der Waals surface area contributed by atoms with E-state index in [9.17, 15) is 25.2 Å². The molecule has 0 amide bonds. The van der Waals surface area contributed by atoms with Gasteiger partial charge >= 0.3 is 5.97 Å². The van der Waals surface area contributed by atoms with E-state index in [1.54, 1.807) is 6.92 Å². The van der Waals surface area contributed by atoms with E-state index < -0.39 is 73.8 Å². The summed E-state index contributed by atoms with van der Waals surface area (Å²) in [5.41, 5.74) is 1.28. The van der Waals surface area contributed by atoms with E-state index in [1.165, 1.54) is 13.4 Å². The van der Waals surface area contributed by atoms with Gasteiger partial charge in [-0.3, -0.25) is 0 Å². The minimum absolute atomic E-state index is 0.301. The highest BCUT2D eigenvalue weighted by atomic mass is 16.8. The average Bonchev–Trinajstić information content (AvgIpc) is 2.87. The van der Waals surface area contributed by atoms with Crippen LogP contribution in [0.2, 0.25) is 0 Å². The van der Waals surface area contributed by atoms with Crippen LogP contribution >= 0.6 is 0 Å². The van der Waals surface area contributed by atoms with Gasteiger partial charge in [0.1, 0.15) is 24.4 Å². The third kappa shape index (κ3) is 5.52. The first-order valence-corrected chi connectivity index (χ1v) is 11.5. The smallest absolute Gasteiger partial charge is 0.337 e. The number of aliphatic hydroxyl groups excluding tert-OH is 4. The van der Waals surface area contributed by atoms with Gasteiger partial charge in [-0.1, -0.05) is 30.3 Å². The third-order valence-corrected chi connectivity index (χ3v) is 6.68. The lowest BCUT2D eigenvalue weighted by molar-refractivity contribution is -0.353. The van der Waals surface area contributed by atoms with Crippen molar-refractivity contribution in [3.63, 3.8) is 0 Å². The summed E-state index contributed by atoms with van der Waals surface area (Å²) in [5.74, 6) is -1.49. The van der Waals surface area contributed by atoms with E-state index in [0.29, 0.717) is 18.6 Å². The number of esters is 1. The SMILES string of the molecule is COC(=O)C1=CO[C@@H](O[C@@H]2O[C@H](CO)[C@@H](O)[C@H](O)[C@H]2O)C2C1CC(OCc1ccccc1)O[C@H]2C. The number of methoxy groups -OCH3 is 1. The number of benzene rings is 1. The predicted octanol–water partition coefficient (Wildman–Crippen LogP) is -0.200. The topological polar surface area (TPSA) is 153 Å². The summed E-state index contributed by atoms with van der Waals surface area (Å²) in [6.45, 7) is 1.53. The Morgan fingerprint density at radius 3 is 2.49 bits per heavy atom. The van der Waals surface area contributed by atoms with E-state index in [4.69, 9.17) is 28.4 Å². The van der Waals surface area contributed by atoms with Gasteiger partial charge in [0.05, 0.1) is 44.2 Å². The molecule has 0 aliphatic carbocycles. The molecule has 0 radical (unpaired) electrons. The zero-order chi connectivity index (χ0) is 25.1. The normalized spacial score (nSPS) is 39.2. The molecular formula is C24H32O11. The molecule has 4 rings (SSSR count). The third-order valence-electron chi connectivity index (χ3n) is 6.68. The number of carbonyl (C=O) groups excluding carboxylic acids is 1. The van der Waals surface area contributed by atoms with Crippen molar-refractivity contribution >= 4 is 5.97 Å². The van der Waals surface area contributed by atoms with Crippen molar-refractivity contribution < 1.29 is 53.6 Å². The molecule has 11 nitrogen and oxygen atoms in total. The summed E-state index contributed by atoms with van der Waals surface area (Å²) in [4.78, 5) is 12.5. The Morgan fingerprint density at radius 1 is 1.06 bits per heavy atom. The zero-order valence-corrected chi connectivity index (χ0v) is 19.5. The molecule has 2 saturated heterocycles. The Balaban J connectivity index is 1.50. The molecule has 3 heterocycles. The molecule has 35 heavy (non-hydrogen) atoms. The van der Waals surface area contributed by atoms with Crippen LogP contribution in [0.3, 0.4) is 0 Å². The van der Waals surface area contributed by atoms with Crippen molar-refractivity contribution in [2.45, 2.75) is 69.3 Å². The van der Waals surface area contributed by atoms with Crippen LogP contribution in [-0.2, 0) is 39.8 Å². The van der Waals surface area contributed by atoms with Crippen molar-refractivity contribution in [3.8, 4) is 0 Å². The highest BCUT2D eigenvalue weighted by Gasteiger charge is 2.51. The minimum atomic E-state index is -1.60. The van der Waals surface area contributed by atoms with Gasteiger partial charge < -0.3 is 48.8 Å². The molecule has 1 aromatic rings. The Labute approximate surface area is 202 Å². The number of fused-ring (bicyclic) bond motifs is 1. The maximum absolute atomic E-state index is 12.5. The number of carbonyl (C=O) groups is 1. The fraction of sp³-hybridized carbons (Fsp3) is 0.625. The summed E-state index contributed by atoms with van der Waals surface area (Å²) >= 11 is 0. The fourth-order valence-electron chi connectivity index (χ4n) is 4.76. The van der Waals surface area contributed by atoms with Crippen molar-refractivity contribution in [1.82, 2.24) is 0 Å². The lowest BCUT2D eigenvalue weighted by Gasteiger charge is -2.47. The summed E-state index contributed by atoms with van der Waals surface area (Å²) in [5, 5.41) is 39.9. The summed E-state index contributed by atoms with van der Waals surface area (Å²) < 4.78 is 34.0. The Kier molecular flexibility index (Phi) is 8.40. The van der Waals surface area contributed by atoms with E-state index in [-0.39, 0.29) is 0 Å². The highest BCUT2D eigenvalue weighted by molar-refractivity contribution is 5.88. The number of hydrogen-bond donors (Lipinski definition) is 4. The molecule has 4 N–H and O–H groups in total. The van der Waals surface area contributed by atoms with Gasteiger partial charge in [-0.25, -0.2) is 4.79 Å². The lowest BCUT2D eigenvalue weighted by Crippen LogP contribution is -2.61. The van der Waals surface area contributed by atoms with Crippen LogP contribution in [0.25, 0.3) is 0 Å². The standard InChI is InChI=1S/C24H32O11/c1-12-18-14(8-17(33-12)31-10-13-6-4-3-5-7-13)15(22(29)30-2)11-32-23(18)35-24-21(28)20(27)19(26)16(9-25)34-24/h3-7,11-12,14,16-21,23-28H,8-10H2,1-2H3/t12-,14?,16+,17?,18?,19+,20-,21+,23-,24-/m0/s1. The summed E-state index contributed by atoms with van der Waals surface area (Å²) in [7, 11) is 1.28. The summed E-state index contributed by atoms with van der Waals surface area (Å²) in [6.07, 6.45) is -7.79. The molecule has 0 bridgehead atoms. The van der Waals surface area contributed by atoms with Crippen LogP contribution in [0.1, 0.15) is 18.9 Å². The van der Waals surface area contributed by atoms with Gasteiger partial charge in [-0.2, -0.15) is 0 Å². The second kappa shape index (κ2) is 11.3. The van der Waals surface area contributed by atoms with Crippen LogP contribution in [0.15, 0.2) is 42.2 Å². The monoisotopic (exact) mass is 496 g/mol. The van der Waals surface area contributed by atoms with Gasteiger partial charge in [0.2, 0.25) is 6.29 Å². The number of rotatable bonds is 7. The van der Waals surface area contributed by atoms with Crippen molar-refractivity contribution in [3.05, 3.63) is 47.7 Å². The Hall–Kier alpha value is -2.09. The fourth-order valence-corrected chi connectivity index (χ4v) is 4.76. The first-order valence-electron chi connectivity index (χ1n) is 11.5. The van der Waals surface area contributed by atoms with Gasteiger partial charge in [0.25, 0.3) is 0 Å². The molecule has 2 fully saturated rings. The predicted molar refractivity (Wildman–Crippen MR) is 117 cm³/mol. The number of aliphatic hydroxyl groups is 4. The molecule has 194 valence electrons. The Bertz CT molecular complexity index is 875. The first kappa shape index (κ1) is 26.0. The van der Waals surface area contributed by atoms with E-state index in [2.05, 4.69) is 0 Å². The van der Waals surface area contributed by atoms with E-state index >= 15 is 0 Å². The van der Waals surface area contributed by atoms with Crippen LogP contribution in [0.5, 0.6) is 0 Å². The van der Waals surface area contributed by atoms with Crippen LogP contribution in [0.4, 0.5) is 0 Å². The number of ether oxygens (including phenoxy) is 6. The van der Waals surface area contributed by atoms with Crippen molar-refractivity contribution in [2.24, 2.45) is 11.8 Å². The molecule has 11 heteroatoms. The first-order chi connectivity index (χ1) is 16.8. The van der Waals surface area contributed by atoms with Gasteiger partial charge in [0, 0.05) is 12.3 Å². The van der Waals surface area contributed by atoms with Crippen molar-refractivity contribution in [1.29, 1.82) is 0 Å². The average molecular weight is 497 g/mol. The number of hydrogen-bond acceptors (Lipinski definition) is 11. The molecule has 10 atom stereocenters. The van der Waals surface area contributed by atoms with E-state index in [0.717, 1.165) is 5.56 Å². The molecule has 1 aromatic carbocycles.